The predicted octanol–water partition coefficient (Wildman–Crippen LogP) is 7.88. The summed E-state index contributed by atoms with van der Waals surface area (Å²) in [6, 6.07) is 7.71. The molecule has 5 rings (SSSR count). The molecule has 1 saturated heterocycles. The van der Waals surface area contributed by atoms with Gasteiger partial charge in [-0.1, -0.05) is 51.3 Å². The Balaban J connectivity index is 0.00000181. The first kappa shape index (κ1) is 28.9. The first-order valence-electron chi connectivity index (χ1n) is 13.6. The molecular formula is C33H37F2N5. The summed E-state index contributed by atoms with van der Waals surface area (Å²) < 4.78 is 27.2. The van der Waals surface area contributed by atoms with Crippen LogP contribution >= 0.6 is 0 Å². The van der Waals surface area contributed by atoms with E-state index in [1.165, 1.54) is 0 Å². The molecule has 0 amide bonds. The molecule has 0 atom stereocenters. The lowest BCUT2D eigenvalue weighted by Gasteiger charge is -2.18. The molecular weight excluding hydrogens is 504 g/mol. The molecule has 1 aliphatic carbocycles. The summed E-state index contributed by atoms with van der Waals surface area (Å²) in [5.41, 5.74) is 15.8. The number of halogens is 2. The van der Waals surface area contributed by atoms with Crippen LogP contribution in [0.15, 0.2) is 86.1 Å². The van der Waals surface area contributed by atoms with Gasteiger partial charge >= 0.3 is 0 Å². The van der Waals surface area contributed by atoms with E-state index in [0.717, 1.165) is 51.1 Å². The number of nitrogens with two attached hydrogens (primary N) is 1. The summed E-state index contributed by atoms with van der Waals surface area (Å²) in [4.78, 5) is 10.5. The van der Waals surface area contributed by atoms with Crippen LogP contribution in [-0.2, 0) is 6.54 Å². The van der Waals surface area contributed by atoms with Gasteiger partial charge in [0.15, 0.2) is 0 Å². The maximum Gasteiger partial charge on any atom is 0.261 e. The highest BCUT2D eigenvalue weighted by Crippen LogP contribution is 2.34. The van der Waals surface area contributed by atoms with Crippen LogP contribution in [0.2, 0.25) is 0 Å². The summed E-state index contributed by atoms with van der Waals surface area (Å²) in [7, 11) is 0. The summed E-state index contributed by atoms with van der Waals surface area (Å²) in [6.45, 7) is 15.1. The Morgan fingerprint density at radius 1 is 1.07 bits per heavy atom. The average molecular weight is 542 g/mol. The second-order valence-electron chi connectivity index (χ2n) is 9.94. The van der Waals surface area contributed by atoms with Crippen LogP contribution in [0.5, 0.6) is 0 Å². The fraction of sp³-hybridized carbons (Fsp3) is 0.273. The number of anilines is 2. The molecule has 0 unspecified atom stereocenters. The Morgan fingerprint density at radius 2 is 1.85 bits per heavy atom. The smallest absolute Gasteiger partial charge is 0.261 e. The van der Waals surface area contributed by atoms with Crippen LogP contribution in [0.4, 0.5) is 20.2 Å². The second-order valence-corrected chi connectivity index (χ2v) is 9.94. The molecule has 40 heavy (non-hydrogen) atoms. The van der Waals surface area contributed by atoms with Crippen LogP contribution in [0.1, 0.15) is 48.9 Å². The molecule has 5 nitrogen and oxygen atoms in total. The number of nitrogen functional groups attached to an aromatic ring is 1. The molecule has 3 heterocycles. The summed E-state index contributed by atoms with van der Waals surface area (Å²) in [5, 5.41) is 3.37. The quantitative estimate of drug-likeness (QED) is 0.224. The number of aromatic nitrogens is 2. The normalized spacial score (nSPS) is 15.8. The topological polar surface area (TPSA) is 67.1 Å². The lowest BCUT2D eigenvalue weighted by Crippen LogP contribution is -2.24. The van der Waals surface area contributed by atoms with Crippen LogP contribution in [0, 0.1) is 6.92 Å². The highest BCUT2D eigenvalue weighted by Gasteiger charge is 2.37. The molecule has 2 aliphatic rings. The van der Waals surface area contributed by atoms with Gasteiger partial charge in [0.1, 0.15) is 0 Å². The summed E-state index contributed by atoms with van der Waals surface area (Å²) in [6.07, 6.45) is 14.4. The standard InChI is InChI=1S/C31H31F2N5.C2H6/c1-20(22(3)37-30-17-36-16-28(21(30)2)24-6-4-5-7-24)27-13-25(8-9-29(27)34)26-12-23(14-35-15-26)18-38-11-10-31(32,33)19-38;1-2/h4,6-9,12-17,37H,1,3,5,10-11,18-19,34H2,2H3;1-2H3. The fourth-order valence-corrected chi connectivity index (χ4v) is 4.93. The first-order valence-corrected chi connectivity index (χ1v) is 13.6. The number of allylic oxidation sites excluding steroid dienone is 5. The minimum atomic E-state index is -2.62. The van der Waals surface area contributed by atoms with Crippen molar-refractivity contribution in [2.75, 3.05) is 24.1 Å². The number of nitrogens with one attached hydrogen (secondary N) is 1. The number of likely N-dealkylation sites (tertiary alicyclic amines) is 1. The Bertz CT molecular complexity index is 1470. The zero-order valence-corrected chi connectivity index (χ0v) is 23.5. The molecule has 0 radical (unpaired) electrons. The van der Waals surface area contributed by atoms with Crippen molar-refractivity contribution in [3.8, 4) is 11.1 Å². The number of hydrogen-bond donors (Lipinski definition) is 2. The highest BCUT2D eigenvalue weighted by atomic mass is 19.3. The van der Waals surface area contributed by atoms with E-state index >= 15 is 0 Å². The maximum absolute atomic E-state index is 13.6. The van der Waals surface area contributed by atoms with Gasteiger partial charge in [-0.15, -0.1) is 0 Å². The van der Waals surface area contributed by atoms with Gasteiger partial charge < -0.3 is 11.1 Å². The fourth-order valence-electron chi connectivity index (χ4n) is 4.93. The first-order chi connectivity index (χ1) is 19.2. The van der Waals surface area contributed by atoms with Crippen molar-refractivity contribution < 1.29 is 8.78 Å². The lowest BCUT2D eigenvalue weighted by molar-refractivity contribution is 0.0115. The Kier molecular flexibility index (Phi) is 8.95. The van der Waals surface area contributed by atoms with Gasteiger partial charge in [-0.05, 0) is 59.4 Å². The molecule has 0 saturated carbocycles. The lowest BCUT2D eigenvalue weighted by atomic mass is 9.96. The molecule has 1 aliphatic heterocycles. The van der Waals surface area contributed by atoms with E-state index in [0.29, 0.717) is 30.0 Å². The van der Waals surface area contributed by atoms with Gasteiger partial charge in [0, 0.05) is 66.2 Å². The van der Waals surface area contributed by atoms with Gasteiger partial charge in [0.05, 0.1) is 18.4 Å². The molecule has 2 aromatic heterocycles. The molecule has 1 fully saturated rings. The van der Waals surface area contributed by atoms with Gasteiger partial charge in [-0.3, -0.25) is 14.9 Å². The van der Waals surface area contributed by atoms with E-state index in [1.54, 1.807) is 23.5 Å². The Morgan fingerprint density at radius 3 is 2.55 bits per heavy atom. The van der Waals surface area contributed by atoms with Crippen molar-refractivity contribution in [1.82, 2.24) is 14.9 Å². The molecule has 3 aromatic rings. The number of hydrogen-bond acceptors (Lipinski definition) is 5. The number of pyridine rings is 2. The molecule has 1 aromatic carbocycles. The van der Waals surface area contributed by atoms with E-state index in [4.69, 9.17) is 5.73 Å². The van der Waals surface area contributed by atoms with E-state index in [1.807, 2.05) is 44.3 Å². The summed E-state index contributed by atoms with van der Waals surface area (Å²) in [5.74, 6) is -2.62. The molecule has 7 heteroatoms. The molecule has 3 N–H and O–H groups in total. The number of nitrogens with zero attached hydrogens (tertiary/aromatic N) is 3. The van der Waals surface area contributed by atoms with Gasteiger partial charge in [-0.25, -0.2) is 8.78 Å². The van der Waals surface area contributed by atoms with Crippen LogP contribution < -0.4 is 11.1 Å². The molecule has 0 bridgehead atoms. The van der Waals surface area contributed by atoms with E-state index < -0.39 is 5.92 Å². The van der Waals surface area contributed by atoms with Crippen molar-refractivity contribution in [1.29, 1.82) is 0 Å². The van der Waals surface area contributed by atoms with Crippen molar-refractivity contribution >= 4 is 22.5 Å². The van der Waals surface area contributed by atoms with Crippen molar-refractivity contribution in [2.24, 2.45) is 0 Å². The van der Waals surface area contributed by atoms with Crippen LogP contribution in [0.3, 0.4) is 0 Å². The van der Waals surface area contributed by atoms with Crippen molar-refractivity contribution in [3.05, 3.63) is 108 Å². The zero-order chi connectivity index (χ0) is 28.9. The maximum atomic E-state index is 13.6. The largest absolute Gasteiger partial charge is 0.398 e. The van der Waals surface area contributed by atoms with Gasteiger partial charge in [0.2, 0.25) is 0 Å². The van der Waals surface area contributed by atoms with E-state index in [9.17, 15) is 8.78 Å². The highest BCUT2D eigenvalue weighted by molar-refractivity contribution is 5.89. The Labute approximate surface area is 235 Å². The third-order valence-corrected chi connectivity index (χ3v) is 7.11. The SMILES string of the molecule is C=C(Nc1cncc(C2=CCC=C2)c1C)C(=C)c1cc(-c2cncc(CN3CCC(F)(F)C3)c2)ccc1N.CC. The number of alkyl halides is 2. The number of benzene rings is 1. The second kappa shape index (κ2) is 12.4. The van der Waals surface area contributed by atoms with Gasteiger partial charge in [-0.2, -0.15) is 0 Å². The monoisotopic (exact) mass is 541 g/mol. The molecule has 208 valence electrons. The summed E-state index contributed by atoms with van der Waals surface area (Å²) >= 11 is 0. The minimum absolute atomic E-state index is 0.101. The van der Waals surface area contributed by atoms with E-state index in [2.05, 4.69) is 53.6 Å². The van der Waals surface area contributed by atoms with E-state index in [-0.39, 0.29) is 13.0 Å². The van der Waals surface area contributed by atoms with Crippen LogP contribution in [-0.4, -0.2) is 33.9 Å². The molecule has 0 spiro atoms. The third-order valence-electron chi connectivity index (χ3n) is 7.11. The van der Waals surface area contributed by atoms with Crippen molar-refractivity contribution in [3.63, 3.8) is 0 Å². The minimum Gasteiger partial charge on any atom is -0.398 e. The Hall–Kier alpha value is -4.10. The number of rotatable bonds is 8. The average Bonchev–Trinajstić information content (AvgIpc) is 3.60. The zero-order valence-electron chi connectivity index (χ0n) is 23.5. The predicted molar refractivity (Wildman–Crippen MR) is 163 cm³/mol. The van der Waals surface area contributed by atoms with Crippen molar-refractivity contribution in [2.45, 2.75) is 46.1 Å². The van der Waals surface area contributed by atoms with Crippen LogP contribution in [0.25, 0.3) is 22.3 Å². The van der Waals surface area contributed by atoms with Gasteiger partial charge in [0.25, 0.3) is 5.92 Å². The third kappa shape index (κ3) is 6.54.